The maximum absolute atomic E-state index is 9.67. The molecule has 0 amide bonds. The largest absolute Gasteiger partial charge is 0.396 e. The minimum atomic E-state index is -0.521. The van der Waals surface area contributed by atoms with Crippen molar-refractivity contribution in [3.63, 3.8) is 0 Å². The van der Waals surface area contributed by atoms with Gasteiger partial charge in [-0.25, -0.2) is 0 Å². The van der Waals surface area contributed by atoms with E-state index in [1.165, 1.54) is 0 Å². The molecule has 5 heteroatoms. The maximum Gasteiger partial charge on any atom is 0.0897 e. The zero-order valence-corrected chi connectivity index (χ0v) is 11.9. The van der Waals surface area contributed by atoms with Crippen molar-refractivity contribution in [1.82, 2.24) is 5.32 Å². The van der Waals surface area contributed by atoms with Gasteiger partial charge in [0.1, 0.15) is 0 Å². The number of aliphatic hydroxyl groups is 2. The van der Waals surface area contributed by atoms with Crippen LogP contribution in [0.15, 0.2) is 0 Å². The average Bonchev–Trinajstić information content (AvgIpc) is 2.40. The van der Waals surface area contributed by atoms with Gasteiger partial charge in [-0.15, -0.1) is 0 Å². The molecule has 0 bridgehead atoms. The van der Waals surface area contributed by atoms with Crippen LogP contribution < -0.4 is 5.32 Å². The Morgan fingerprint density at radius 1 is 1.22 bits per heavy atom. The summed E-state index contributed by atoms with van der Waals surface area (Å²) in [6.07, 6.45) is 1.33. The monoisotopic (exact) mass is 263 g/mol. The number of ether oxygens (including phenoxy) is 2. The van der Waals surface area contributed by atoms with Crippen molar-refractivity contribution in [2.45, 2.75) is 32.8 Å². The molecule has 0 fully saturated rings. The van der Waals surface area contributed by atoms with Crippen molar-refractivity contribution in [2.24, 2.45) is 5.41 Å². The van der Waals surface area contributed by atoms with Crippen LogP contribution in [0, 0.1) is 5.41 Å². The summed E-state index contributed by atoms with van der Waals surface area (Å²) in [6, 6.07) is 0. The predicted octanol–water partition coefficient (Wildman–Crippen LogP) is 0.399. The van der Waals surface area contributed by atoms with Crippen molar-refractivity contribution in [3.8, 4) is 0 Å². The molecule has 5 nitrogen and oxygen atoms in total. The van der Waals surface area contributed by atoms with Gasteiger partial charge in [-0.3, -0.25) is 0 Å². The molecule has 0 saturated heterocycles. The van der Waals surface area contributed by atoms with E-state index in [-0.39, 0.29) is 12.0 Å². The summed E-state index contributed by atoms with van der Waals surface area (Å²) in [7, 11) is 1.62. The fourth-order valence-corrected chi connectivity index (χ4v) is 1.70. The Morgan fingerprint density at radius 2 is 1.89 bits per heavy atom. The molecule has 0 aliphatic rings. The van der Waals surface area contributed by atoms with Crippen LogP contribution in [-0.2, 0) is 9.47 Å². The molecular formula is C13H29NO4. The highest BCUT2D eigenvalue weighted by Crippen LogP contribution is 2.24. The van der Waals surface area contributed by atoms with Crippen LogP contribution in [0.25, 0.3) is 0 Å². The van der Waals surface area contributed by atoms with E-state index in [9.17, 15) is 10.2 Å². The molecule has 0 aliphatic carbocycles. The Bertz CT molecular complexity index is 178. The molecule has 0 aromatic rings. The number of rotatable bonds is 12. The van der Waals surface area contributed by atoms with Gasteiger partial charge in [0, 0.05) is 32.2 Å². The Morgan fingerprint density at radius 3 is 2.39 bits per heavy atom. The quantitative estimate of drug-likeness (QED) is 0.445. The third kappa shape index (κ3) is 7.28. The molecule has 0 aromatic heterocycles. The van der Waals surface area contributed by atoms with E-state index in [0.29, 0.717) is 32.9 Å². The fourth-order valence-electron chi connectivity index (χ4n) is 1.70. The second-order valence-electron chi connectivity index (χ2n) is 4.72. The minimum absolute atomic E-state index is 0.0728. The Balaban J connectivity index is 3.68. The van der Waals surface area contributed by atoms with E-state index in [1.54, 1.807) is 7.11 Å². The van der Waals surface area contributed by atoms with Crippen LogP contribution in [0.2, 0.25) is 0 Å². The highest BCUT2D eigenvalue weighted by Gasteiger charge is 2.24. The maximum atomic E-state index is 9.67. The molecule has 110 valence electrons. The van der Waals surface area contributed by atoms with Crippen LogP contribution in [0.3, 0.4) is 0 Å². The summed E-state index contributed by atoms with van der Waals surface area (Å²) in [4.78, 5) is 0. The zero-order chi connectivity index (χ0) is 13.9. The molecule has 0 heterocycles. The third-order valence-corrected chi connectivity index (χ3v) is 3.46. The van der Waals surface area contributed by atoms with Gasteiger partial charge in [-0.2, -0.15) is 0 Å². The molecule has 0 aromatic carbocycles. The van der Waals surface area contributed by atoms with Gasteiger partial charge in [-0.05, 0) is 12.8 Å². The summed E-state index contributed by atoms with van der Waals surface area (Å²) in [6.45, 7) is 6.86. The molecule has 1 atom stereocenters. The van der Waals surface area contributed by atoms with Gasteiger partial charge in [0.05, 0.1) is 25.9 Å². The highest BCUT2D eigenvalue weighted by molar-refractivity contribution is 4.78. The molecule has 1 unspecified atom stereocenters. The van der Waals surface area contributed by atoms with Gasteiger partial charge in [-0.1, -0.05) is 13.8 Å². The van der Waals surface area contributed by atoms with Crippen LogP contribution in [0.4, 0.5) is 0 Å². The Hall–Kier alpha value is -0.200. The van der Waals surface area contributed by atoms with E-state index >= 15 is 0 Å². The first-order valence-corrected chi connectivity index (χ1v) is 6.70. The summed E-state index contributed by atoms with van der Waals surface area (Å²) >= 11 is 0. The molecule has 0 radical (unpaired) electrons. The number of aliphatic hydroxyl groups excluding tert-OH is 2. The van der Waals surface area contributed by atoms with Gasteiger partial charge in [0.15, 0.2) is 0 Å². The number of hydrogen-bond donors (Lipinski definition) is 3. The number of methoxy groups -OCH3 is 1. The fraction of sp³-hybridized carbons (Fsp3) is 1.00. The third-order valence-electron chi connectivity index (χ3n) is 3.46. The van der Waals surface area contributed by atoms with Crippen molar-refractivity contribution in [1.29, 1.82) is 0 Å². The van der Waals surface area contributed by atoms with Crippen molar-refractivity contribution in [3.05, 3.63) is 0 Å². The summed E-state index contributed by atoms with van der Waals surface area (Å²) in [5.41, 5.74) is -0.0728. The highest BCUT2D eigenvalue weighted by atomic mass is 16.5. The molecular weight excluding hydrogens is 234 g/mol. The van der Waals surface area contributed by atoms with E-state index in [0.717, 1.165) is 12.8 Å². The standard InChI is InChI=1S/C13H29NO4/c1-4-13(5-2,11-15)10-14-8-12(16)9-18-7-6-17-3/h12,14-16H,4-11H2,1-3H3. The van der Waals surface area contributed by atoms with Crippen LogP contribution >= 0.6 is 0 Å². The topological polar surface area (TPSA) is 71.0 Å². The zero-order valence-electron chi connectivity index (χ0n) is 11.9. The van der Waals surface area contributed by atoms with Gasteiger partial charge in [0.2, 0.25) is 0 Å². The minimum Gasteiger partial charge on any atom is -0.396 e. The first-order chi connectivity index (χ1) is 8.64. The van der Waals surface area contributed by atoms with Crippen molar-refractivity contribution >= 4 is 0 Å². The Kier molecular flexibility index (Phi) is 10.6. The smallest absolute Gasteiger partial charge is 0.0897 e. The van der Waals surface area contributed by atoms with Crippen LogP contribution in [-0.4, -0.2) is 62.9 Å². The second kappa shape index (κ2) is 10.7. The molecule has 0 rings (SSSR count). The lowest BCUT2D eigenvalue weighted by Gasteiger charge is -2.30. The summed E-state index contributed by atoms with van der Waals surface area (Å²) in [5.74, 6) is 0. The lowest BCUT2D eigenvalue weighted by atomic mass is 9.83. The van der Waals surface area contributed by atoms with Gasteiger partial charge < -0.3 is 25.0 Å². The number of nitrogens with one attached hydrogen (secondary N) is 1. The van der Waals surface area contributed by atoms with Crippen LogP contribution in [0.5, 0.6) is 0 Å². The predicted molar refractivity (Wildman–Crippen MR) is 71.7 cm³/mol. The lowest BCUT2D eigenvalue weighted by Crippen LogP contribution is -2.40. The molecule has 0 aliphatic heterocycles. The molecule has 3 N–H and O–H groups in total. The van der Waals surface area contributed by atoms with E-state index < -0.39 is 6.10 Å². The van der Waals surface area contributed by atoms with Crippen molar-refractivity contribution in [2.75, 3.05) is 46.6 Å². The first kappa shape index (κ1) is 17.8. The molecule has 18 heavy (non-hydrogen) atoms. The average molecular weight is 263 g/mol. The van der Waals surface area contributed by atoms with Crippen LogP contribution in [0.1, 0.15) is 26.7 Å². The molecule has 0 spiro atoms. The van der Waals surface area contributed by atoms with Gasteiger partial charge in [0.25, 0.3) is 0 Å². The van der Waals surface area contributed by atoms with Gasteiger partial charge >= 0.3 is 0 Å². The first-order valence-electron chi connectivity index (χ1n) is 6.70. The van der Waals surface area contributed by atoms with E-state index in [4.69, 9.17) is 9.47 Å². The summed E-state index contributed by atoms with van der Waals surface area (Å²) < 4.78 is 10.1. The van der Waals surface area contributed by atoms with Crippen molar-refractivity contribution < 1.29 is 19.7 Å². The molecule has 0 saturated carbocycles. The Labute approximate surface area is 110 Å². The SMILES string of the molecule is CCC(CC)(CO)CNCC(O)COCCOC. The summed E-state index contributed by atoms with van der Waals surface area (Å²) in [5, 5.41) is 22.3. The normalized spacial score (nSPS) is 13.8. The second-order valence-corrected chi connectivity index (χ2v) is 4.72. The lowest BCUT2D eigenvalue weighted by molar-refractivity contribution is 0.0118. The number of hydrogen-bond acceptors (Lipinski definition) is 5. The van der Waals surface area contributed by atoms with E-state index in [2.05, 4.69) is 19.2 Å². The van der Waals surface area contributed by atoms with E-state index in [1.807, 2.05) is 0 Å².